The lowest BCUT2D eigenvalue weighted by atomic mass is 10.1. The smallest absolute Gasteiger partial charge is 0.222 e. The van der Waals surface area contributed by atoms with E-state index in [1.165, 1.54) is 0 Å². The zero-order valence-electron chi connectivity index (χ0n) is 12.5. The average Bonchev–Trinajstić information content (AvgIpc) is 2.47. The third-order valence-corrected chi connectivity index (χ3v) is 3.35. The van der Waals surface area contributed by atoms with Gasteiger partial charge in [-0.05, 0) is 21.8 Å². The van der Waals surface area contributed by atoms with Crippen LogP contribution in [-0.4, -0.2) is 28.0 Å². The molecule has 2 aromatic heterocycles. The number of hydrogen-bond acceptors (Lipinski definition) is 7. The van der Waals surface area contributed by atoms with Crippen molar-refractivity contribution in [2.45, 2.75) is 19.8 Å². The van der Waals surface area contributed by atoms with Crippen molar-refractivity contribution in [3.63, 3.8) is 0 Å². The van der Waals surface area contributed by atoms with Crippen molar-refractivity contribution in [1.29, 1.82) is 0 Å². The van der Waals surface area contributed by atoms with Gasteiger partial charge in [0.25, 0.3) is 0 Å². The highest BCUT2D eigenvalue weighted by atomic mass is 79.9. The fraction of sp³-hybridized carbons (Fsp3) is 0.357. The van der Waals surface area contributed by atoms with Gasteiger partial charge in [0.1, 0.15) is 10.4 Å². The van der Waals surface area contributed by atoms with Crippen LogP contribution in [0.15, 0.2) is 23.1 Å². The van der Waals surface area contributed by atoms with Crippen LogP contribution in [0.25, 0.3) is 0 Å². The Bertz CT molecular complexity index is 649. The fourth-order valence-corrected chi connectivity index (χ4v) is 2.15. The number of rotatable bonds is 6. The van der Waals surface area contributed by atoms with Crippen LogP contribution < -0.4 is 21.5 Å². The second-order valence-electron chi connectivity index (χ2n) is 4.96. The lowest BCUT2D eigenvalue weighted by Gasteiger charge is -2.16. The van der Waals surface area contributed by atoms with Crippen molar-refractivity contribution in [1.82, 2.24) is 15.0 Å². The molecule has 0 saturated carbocycles. The van der Waals surface area contributed by atoms with Crippen molar-refractivity contribution in [3.05, 3.63) is 28.6 Å². The van der Waals surface area contributed by atoms with Gasteiger partial charge >= 0.3 is 0 Å². The summed E-state index contributed by atoms with van der Waals surface area (Å²) in [5.41, 5.74) is 12.1. The van der Waals surface area contributed by atoms with E-state index in [1.54, 1.807) is 12.4 Å². The number of pyridine rings is 1. The Hall–Kier alpha value is -1.93. The molecule has 0 spiro atoms. The van der Waals surface area contributed by atoms with E-state index in [2.05, 4.69) is 50.0 Å². The first-order valence-corrected chi connectivity index (χ1v) is 7.70. The summed E-state index contributed by atoms with van der Waals surface area (Å²) in [5, 5.41) is 3.08. The largest absolute Gasteiger partial charge is 0.451 e. The molecule has 0 saturated heterocycles. The third-order valence-electron chi connectivity index (χ3n) is 2.91. The summed E-state index contributed by atoms with van der Waals surface area (Å²) >= 11 is 3.36. The normalized spacial score (nSPS) is 10.8. The zero-order chi connectivity index (χ0) is 16.1. The molecule has 0 amide bonds. The van der Waals surface area contributed by atoms with Crippen LogP contribution in [-0.2, 0) is 0 Å². The molecular formula is C14H19BrN6O. The summed E-state index contributed by atoms with van der Waals surface area (Å²) in [4.78, 5) is 12.4. The van der Waals surface area contributed by atoms with Gasteiger partial charge in [-0.15, -0.1) is 0 Å². The summed E-state index contributed by atoms with van der Waals surface area (Å²) in [6.07, 6.45) is 3.33. The first-order chi connectivity index (χ1) is 10.5. The molecule has 2 rings (SSSR count). The summed E-state index contributed by atoms with van der Waals surface area (Å²) in [6, 6.07) is 1.82. The molecule has 0 atom stereocenters. The maximum Gasteiger partial charge on any atom is 0.222 e. The number of anilines is 2. The number of ether oxygens (including phenoxy) is 1. The second-order valence-corrected chi connectivity index (χ2v) is 5.77. The number of hydrogen-bond donors (Lipinski definition) is 3. The topological polar surface area (TPSA) is 112 Å². The van der Waals surface area contributed by atoms with Gasteiger partial charge in [-0.2, -0.15) is 4.98 Å². The van der Waals surface area contributed by atoms with Crippen LogP contribution in [0.2, 0.25) is 0 Å². The second kappa shape index (κ2) is 7.37. The van der Waals surface area contributed by atoms with Crippen LogP contribution in [0.4, 0.5) is 11.8 Å². The highest BCUT2D eigenvalue weighted by Crippen LogP contribution is 2.34. The predicted molar refractivity (Wildman–Crippen MR) is 90.1 cm³/mol. The van der Waals surface area contributed by atoms with Gasteiger partial charge < -0.3 is 21.5 Å². The molecule has 0 bridgehead atoms. The maximum absolute atomic E-state index is 5.98. The molecule has 8 heteroatoms. The van der Waals surface area contributed by atoms with Crippen LogP contribution in [0.5, 0.6) is 11.5 Å². The summed E-state index contributed by atoms with van der Waals surface area (Å²) in [6.45, 7) is 5.18. The molecule has 0 aromatic carbocycles. The monoisotopic (exact) mass is 366 g/mol. The molecule has 118 valence electrons. The predicted octanol–water partition coefficient (Wildman–Crippen LogP) is 2.50. The molecule has 0 aliphatic heterocycles. The molecule has 0 aliphatic rings. The van der Waals surface area contributed by atoms with Gasteiger partial charge in [-0.1, -0.05) is 13.8 Å². The van der Waals surface area contributed by atoms with Gasteiger partial charge in [0.05, 0.1) is 6.20 Å². The van der Waals surface area contributed by atoms with Crippen LogP contribution in [0.3, 0.4) is 0 Å². The van der Waals surface area contributed by atoms with Crippen LogP contribution in [0, 0.1) is 0 Å². The minimum absolute atomic E-state index is 0.173. The lowest BCUT2D eigenvalue weighted by molar-refractivity contribution is 0.469. The van der Waals surface area contributed by atoms with Crippen molar-refractivity contribution < 1.29 is 4.74 Å². The number of nitrogens with two attached hydrogens (primary N) is 2. The average molecular weight is 367 g/mol. The minimum Gasteiger partial charge on any atom is -0.451 e. The number of halogens is 1. The summed E-state index contributed by atoms with van der Waals surface area (Å²) in [5.74, 6) is 2.14. The number of nitrogens with one attached hydrogen (secondary N) is 1. The van der Waals surface area contributed by atoms with E-state index < -0.39 is 0 Å². The molecule has 5 N–H and O–H groups in total. The van der Waals surface area contributed by atoms with Crippen molar-refractivity contribution in [2.75, 3.05) is 24.1 Å². The number of aromatic nitrogens is 3. The first-order valence-electron chi connectivity index (χ1n) is 6.91. The Morgan fingerprint density at radius 2 is 2.05 bits per heavy atom. The van der Waals surface area contributed by atoms with E-state index in [1.807, 2.05) is 6.07 Å². The van der Waals surface area contributed by atoms with E-state index in [9.17, 15) is 0 Å². The van der Waals surface area contributed by atoms with Crippen molar-refractivity contribution in [2.24, 2.45) is 5.73 Å². The Balaban J connectivity index is 2.36. The molecule has 2 aromatic rings. The standard InChI is InChI=1S/C14H19BrN6O/c1-8(2)9-6-19-12(15)5-10(9)22-11-7-20-14(17)21-13(11)18-4-3-16/h5-8H,3-4,16H2,1-2H3,(H3,17,18,20,21). The van der Waals surface area contributed by atoms with Gasteiger partial charge in [-0.3, -0.25) is 0 Å². The van der Waals surface area contributed by atoms with E-state index >= 15 is 0 Å². The highest BCUT2D eigenvalue weighted by Gasteiger charge is 2.14. The Morgan fingerprint density at radius 1 is 1.27 bits per heavy atom. The molecule has 0 radical (unpaired) electrons. The molecule has 0 aliphatic carbocycles. The zero-order valence-corrected chi connectivity index (χ0v) is 14.1. The lowest BCUT2D eigenvalue weighted by Crippen LogP contribution is -2.15. The van der Waals surface area contributed by atoms with Gasteiger partial charge in [-0.25, -0.2) is 9.97 Å². The Morgan fingerprint density at radius 3 is 2.73 bits per heavy atom. The third kappa shape index (κ3) is 4.05. The van der Waals surface area contributed by atoms with Crippen molar-refractivity contribution in [3.8, 4) is 11.5 Å². The molecule has 22 heavy (non-hydrogen) atoms. The fourth-order valence-electron chi connectivity index (χ4n) is 1.84. The SMILES string of the molecule is CC(C)c1cnc(Br)cc1Oc1cnc(N)nc1NCCN. The van der Waals surface area contributed by atoms with Gasteiger partial charge in [0, 0.05) is 30.9 Å². The van der Waals surface area contributed by atoms with Gasteiger partial charge in [0.15, 0.2) is 11.6 Å². The highest BCUT2D eigenvalue weighted by molar-refractivity contribution is 9.10. The molecule has 7 nitrogen and oxygen atoms in total. The van der Waals surface area contributed by atoms with E-state index in [0.29, 0.717) is 35.0 Å². The van der Waals surface area contributed by atoms with Gasteiger partial charge in [0.2, 0.25) is 5.95 Å². The van der Waals surface area contributed by atoms with Crippen molar-refractivity contribution >= 4 is 27.7 Å². The maximum atomic E-state index is 5.98. The van der Waals surface area contributed by atoms with E-state index in [0.717, 1.165) is 5.56 Å². The molecule has 0 fully saturated rings. The van der Waals surface area contributed by atoms with Crippen LogP contribution in [0.1, 0.15) is 25.3 Å². The summed E-state index contributed by atoms with van der Waals surface area (Å²) in [7, 11) is 0. The minimum atomic E-state index is 0.173. The number of nitrogens with zero attached hydrogens (tertiary/aromatic N) is 3. The Kier molecular flexibility index (Phi) is 5.51. The van der Waals surface area contributed by atoms with Crippen LogP contribution >= 0.6 is 15.9 Å². The quantitative estimate of drug-likeness (QED) is 0.673. The molecule has 2 heterocycles. The van der Waals surface area contributed by atoms with E-state index in [4.69, 9.17) is 16.2 Å². The molecule has 0 unspecified atom stereocenters. The Labute approximate surface area is 137 Å². The molecular weight excluding hydrogens is 348 g/mol. The summed E-state index contributed by atoms with van der Waals surface area (Å²) < 4.78 is 6.68. The first kappa shape index (κ1) is 16.4. The van der Waals surface area contributed by atoms with E-state index in [-0.39, 0.29) is 11.9 Å². The number of nitrogen functional groups attached to an aromatic ring is 1.